The van der Waals surface area contributed by atoms with Crippen LogP contribution in [0.4, 0.5) is 0 Å². The molecule has 0 N–H and O–H groups in total. The number of ether oxygens (including phenoxy) is 2. The van der Waals surface area contributed by atoms with Crippen molar-refractivity contribution in [3.05, 3.63) is 0 Å². The molecule has 0 aliphatic rings. The van der Waals surface area contributed by atoms with Crippen molar-refractivity contribution in [1.82, 2.24) is 0 Å². The zero-order valence-corrected chi connectivity index (χ0v) is 31.0. The number of hydrogen-bond donors (Lipinski definition) is 0. The van der Waals surface area contributed by atoms with Crippen LogP contribution in [0.1, 0.15) is 142 Å². The lowest BCUT2D eigenvalue weighted by molar-refractivity contribution is -0.870. The van der Waals surface area contributed by atoms with Crippen LogP contribution in [0.5, 0.6) is 0 Å². The van der Waals surface area contributed by atoms with Crippen molar-refractivity contribution in [2.24, 2.45) is 0 Å². The van der Waals surface area contributed by atoms with Gasteiger partial charge < -0.3 is 27.5 Å². The minimum Gasteiger partial charge on any atom is -0.759 e. The van der Waals surface area contributed by atoms with Gasteiger partial charge in [-0.25, -0.2) is 0 Å². The van der Waals surface area contributed by atoms with Crippen LogP contribution in [0.3, 0.4) is 0 Å². The van der Waals surface area contributed by atoms with E-state index in [4.69, 9.17) is 27.0 Å². The van der Waals surface area contributed by atoms with Gasteiger partial charge >= 0.3 is 0 Å². The fourth-order valence-electron chi connectivity index (χ4n) is 4.26. The van der Waals surface area contributed by atoms with Gasteiger partial charge in [0.05, 0.1) is 55.5 Å². The second-order valence-corrected chi connectivity index (χ2v) is 14.8. The predicted octanol–water partition coefficient (Wildman–Crippen LogP) is 7.92. The molecular formula is C34H76N2O6S. The second kappa shape index (κ2) is 33.1. The molecule has 0 aliphatic carbocycles. The van der Waals surface area contributed by atoms with E-state index in [1.165, 1.54) is 128 Å². The van der Waals surface area contributed by atoms with Gasteiger partial charge in [0.1, 0.15) is 13.1 Å². The minimum atomic E-state index is -5.17. The maximum Gasteiger partial charge on any atom is 0.102 e. The van der Waals surface area contributed by atoms with Crippen molar-refractivity contribution < 1.29 is 36.0 Å². The lowest BCUT2D eigenvalue weighted by Crippen LogP contribution is -2.37. The van der Waals surface area contributed by atoms with Crippen molar-refractivity contribution in [2.75, 3.05) is 81.8 Å². The fourth-order valence-corrected chi connectivity index (χ4v) is 4.26. The summed E-state index contributed by atoms with van der Waals surface area (Å²) >= 11 is 0. The Bertz CT molecular complexity index is 586. The average molecular weight is 641 g/mol. The molecule has 0 rings (SSSR count). The van der Waals surface area contributed by atoms with E-state index in [0.717, 1.165) is 48.5 Å². The summed E-state index contributed by atoms with van der Waals surface area (Å²) in [6.45, 7) is 10.5. The smallest absolute Gasteiger partial charge is 0.102 e. The molecule has 0 fully saturated rings. The summed E-state index contributed by atoms with van der Waals surface area (Å²) in [7, 11) is 8.11. The van der Waals surface area contributed by atoms with Crippen LogP contribution < -0.4 is 0 Å². The van der Waals surface area contributed by atoms with Crippen LogP contribution in [-0.4, -0.2) is 108 Å². The molecule has 0 atom stereocenters. The molecule has 0 unspecified atom stereocenters. The highest BCUT2D eigenvalue weighted by Crippen LogP contribution is 2.11. The predicted molar refractivity (Wildman–Crippen MR) is 182 cm³/mol. The Labute approximate surface area is 270 Å². The Kier molecular flexibility index (Phi) is 36.3. The van der Waals surface area contributed by atoms with E-state index in [-0.39, 0.29) is 0 Å². The first-order valence-electron chi connectivity index (χ1n) is 17.6. The fraction of sp³-hybridized carbons (Fsp3) is 1.00. The number of unbranched alkanes of at least 4 members (excludes halogenated alkanes) is 18. The lowest BCUT2D eigenvalue weighted by atomic mass is 10.1. The van der Waals surface area contributed by atoms with Gasteiger partial charge in [0.15, 0.2) is 0 Å². The topological polar surface area (TPSA) is 98.7 Å². The molecule has 0 aromatic carbocycles. The maximum atomic E-state index is 8.52. The number of nitrogens with zero attached hydrogens (tertiary/aromatic N) is 2. The Morgan fingerprint density at radius 3 is 0.837 bits per heavy atom. The Morgan fingerprint density at radius 1 is 0.419 bits per heavy atom. The van der Waals surface area contributed by atoms with Crippen LogP contribution in [-0.2, 0) is 19.9 Å². The summed E-state index contributed by atoms with van der Waals surface area (Å²) in [5.74, 6) is 0. The van der Waals surface area contributed by atoms with Gasteiger partial charge in [-0.05, 0) is 12.8 Å². The van der Waals surface area contributed by atoms with E-state index in [0.29, 0.717) is 0 Å². The highest BCUT2D eigenvalue weighted by Gasteiger charge is 2.06. The number of rotatable bonds is 28. The summed E-state index contributed by atoms with van der Waals surface area (Å²) in [5, 5.41) is 0. The summed E-state index contributed by atoms with van der Waals surface area (Å²) in [4.78, 5) is 0. The van der Waals surface area contributed by atoms with Gasteiger partial charge in [0.2, 0.25) is 0 Å². The molecule has 0 aromatic rings. The molecule has 0 aromatic heterocycles. The molecular weight excluding hydrogens is 564 g/mol. The van der Waals surface area contributed by atoms with Gasteiger partial charge in [0.25, 0.3) is 0 Å². The monoisotopic (exact) mass is 641 g/mol. The van der Waals surface area contributed by atoms with Gasteiger partial charge in [-0.1, -0.05) is 129 Å². The number of quaternary nitrogens is 2. The molecule has 0 radical (unpaired) electrons. The van der Waals surface area contributed by atoms with Crippen molar-refractivity contribution in [3.63, 3.8) is 0 Å². The van der Waals surface area contributed by atoms with E-state index < -0.39 is 10.4 Å². The summed E-state index contributed by atoms with van der Waals surface area (Å²) in [6.07, 6.45) is 27.9. The molecule has 0 aliphatic heterocycles. The molecule has 43 heavy (non-hydrogen) atoms. The molecule has 9 heteroatoms. The SMILES string of the molecule is CCCCCCCCCCCCOCC[N+](C)(C)C.CCCCCCCCCCCCOCC[N+](C)(C)C.O=S(=O)([O-])[O-]. The quantitative estimate of drug-likeness (QED) is 0.0373. The van der Waals surface area contributed by atoms with Crippen LogP contribution >= 0.6 is 0 Å². The third-order valence-corrected chi connectivity index (χ3v) is 7.10. The Balaban J connectivity index is -0.000000642. The van der Waals surface area contributed by atoms with E-state index in [2.05, 4.69) is 56.1 Å². The van der Waals surface area contributed by atoms with Gasteiger partial charge in [-0.2, -0.15) is 0 Å². The first kappa shape index (κ1) is 47.1. The highest BCUT2D eigenvalue weighted by atomic mass is 32.3. The van der Waals surface area contributed by atoms with Crippen molar-refractivity contribution in [3.8, 4) is 0 Å². The standard InChI is InChI=1S/2C17H38NO.H2O4S/c2*1-5-6-7-8-9-10-11-12-13-14-16-19-17-15-18(2,3)4;1-5(2,3)4/h2*5-17H2,1-4H3;(H2,1,2,3,4)/q2*+1;/p-2. The van der Waals surface area contributed by atoms with Gasteiger partial charge in [-0.3, -0.25) is 8.42 Å². The van der Waals surface area contributed by atoms with Crippen molar-refractivity contribution in [2.45, 2.75) is 142 Å². The van der Waals surface area contributed by atoms with Crippen LogP contribution in [0, 0.1) is 0 Å². The van der Waals surface area contributed by atoms with E-state index in [9.17, 15) is 0 Å². The molecule has 0 saturated carbocycles. The van der Waals surface area contributed by atoms with Gasteiger partial charge in [-0.15, -0.1) is 0 Å². The van der Waals surface area contributed by atoms with Crippen LogP contribution in [0.15, 0.2) is 0 Å². The molecule has 0 heterocycles. The third-order valence-electron chi connectivity index (χ3n) is 7.10. The highest BCUT2D eigenvalue weighted by molar-refractivity contribution is 7.79. The first-order valence-corrected chi connectivity index (χ1v) is 18.9. The molecule has 0 amide bonds. The van der Waals surface area contributed by atoms with E-state index in [1.54, 1.807) is 0 Å². The normalized spacial score (nSPS) is 12.0. The largest absolute Gasteiger partial charge is 0.759 e. The second-order valence-electron chi connectivity index (χ2n) is 14.0. The average Bonchev–Trinajstić information content (AvgIpc) is 2.88. The van der Waals surface area contributed by atoms with Gasteiger partial charge in [0, 0.05) is 23.6 Å². The molecule has 8 nitrogen and oxygen atoms in total. The lowest BCUT2D eigenvalue weighted by Gasteiger charge is -2.23. The first-order chi connectivity index (χ1) is 20.1. The van der Waals surface area contributed by atoms with E-state index >= 15 is 0 Å². The summed E-state index contributed by atoms with van der Waals surface area (Å²) in [6, 6.07) is 0. The molecule has 0 saturated heterocycles. The Morgan fingerprint density at radius 2 is 0.628 bits per heavy atom. The van der Waals surface area contributed by atoms with Crippen molar-refractivity contribution in [1.29, 1.82) is 0 Å². The maximum absolute atomic E-state index is 8.52. The van der Waals surface area contributed by atoms with E-state index in [1.807, 2.05) is 0 Å². The molecule has 0 spiro atoms. The summed E-state index contributed by atoms with van der Waals surface area (Å²) in [5.41, 5.74) is 0. The minimum absolute atomic E-state index is 0.904. The summed E-state index contributed by atoms with van der Waals surface area (Å²) < 4.78 is 47.4. The van der Waals surface area contributed by atoms with Crippen LogP contribution in [0.2, 0.25) is 0 Å². The van der Waals surface area contributed by atoms with Crippen LogP contribution in [0.25, 0.3) is 0 Å². The molecule has 0 bridgehead atoms. The Hall–Kier alpha value is -0.290. The zero-order valence-electron chi connectivity index (χ0n) is 30.1. The third kappa shape index (κ3) is 65.4. The molecule has 264 valence electrons. The zero-order chi connectivity index (χ0) is 33.3. The number of hydrogen-bond acceptors (Lipinski definition) is 6. The van der Waals surface area contributed by atoms with Crippen molar-refractivity contribution >= 4 is 10.4 Å². The number of likely N-dealkylation sites (N-methyl/N-ethyl adjacent to an activating group) is 2.